The molecule has 4 rings (SSSR count). The average Bonchev–Trinajstić information content (AvgIpc) is 2.95. The van der Waals surface area contributed by atoms with E-state index in [4.69, 9.17) is 0 Å². The molecule has 224 valence electrons. The van der Waals surface area contributed by atoms with Crippen LogP contribution in [0, 0.1) is 20.8 Å². The third-order valence-corrected chi connectivity index (χ3v) is 10.1. The van der Waals surface area contributed by atoms with Crippen molar-refractivity contribution in [1.29, 1.82) is 0 Å². The van der Waals surface area contributed by atoms with Crippen LogP contribution in [0.3, 0.4) is 0 Å². The van der Waals surface area contributed by atoms with Crippen LogP contribution in [0.1, 0.15) is 61.3 Å². The van der Waals surface area contributed by atoms with Gasteiger partial charge in [0.1, 0.15) is 12.6 Å². The molecule has 3 aromatic carbocycles. The van der Waals surface area contributed by atoms with E-state index in [9.17, 15) is 18.0 Å². The van der Waals surface area contributed by atoms with Gasteiger partial charge in [-0.3, -0.25) is 13.9 Å². The lowest BCUT2D eigenvalue weighted by molar-refractivity contribution is -0.139. The van der Waals surface area contributed by atoms with E-state index in [1.165, 1.54) is 15.6 Å². The molecule has 0 radical (unpaired) electrons. The summed E-state index contributed by atoms with van der Waals surface area (Å²) in [4.78, 5) is 29.2. The fourth-order valence-electron chi connectivity index (χ4n) is 5.42. The molecular formula is C33H40BrN3O4S. The van der Waals surface area contributed by atoms with Crippen LogP contribution in [-0.2, 0) is 26.2 Å². The smallest absolute Gasteiger partial charge is 0.264 e. The van der Waals surface area contributed by atoms with Gasteiger partial charge in [0.05, 0.1) is 10.6 Å². The molecule has 0 saturated heterocycles. The van der Waals surface area contributed by atoms with Gasteiger partial charge in [0.25, 0.3) is 10.0 Å². The minimum atomic E-state index is -4.11. The molecule has 1 unspecified atom stereocenters. The number of carbonyl (C=O) groups is 2. The lowest BCUT2D eigenvalue weighted by Crippen LogP contribution is -2.53. The number of nitrogens with one attached hydrogen (secondary N) is 1. The summed E-state index contributed by atoms with van der Waals surface area (Å²) in [6, 6.07) is 18.9. The van der Waals surface area contributed by atoms with E-state index in [2.05, 4.69) is 21.2 Å². The van der Waals surface area contributed by atoms with E-state index < -0.39 is 28.5 Å². The Morgan fingerprint density at radius 3 is 2.24 bits per heavy atom. The zero-order valence-corrected chi connectivity index (χ0v) is 27.2. The minimum Gasteiger partial charge on any atom is -0.352 e. The monoisotopic (exact) mass is 653 g/mol. The van der Waals surface area contributed by atoms with Crippen LogP contribution in [0.2, 0.25) is 0 Å². The van der Waals surface area contributed by atoms with Gasteiger partial charge in [-0.15, -0.1) is 0 Å². The second kappa shape index (κ2) is 13.9. The molecule has 7 nitrogen and oxygen atoms in total. The van der Waals surface area contributed by atoms with Crippen molar-refractivity contribution in [2.75, 3.05) is 10.8 Å². The van der Waals surface area contributed by atoms with Crippen molar-refractivity contribution in [2.45, 2.75) is 83.3 Å². The van der Waals surface area contributed by atoms with Gasteiger partial charge >= 0.3 is 0 Å². The molecule has 0 heterocycles. The van der Waals surface area contributed by atoms with Crippen LogP contribution in [0.4, 0.5) is 5.69 Å². The van der Waals surface area contributed by atoms with Crippen molar-refractivity contribution in [3.8, 4) is 0 Å². The van der Waals surface area contributed by atoms with Crippen LogP contribution in [0.25, 0.3) is 0 Å². The summed E-state index contributed by atoms with van der Waals surface area (Å²) in [6.07, 6.45) is 5.16. The Balaban J connectivity index is 1.70. The Bertz CT molecular complexity index is 1520. The first kappa shape index (κ1) is 31.8. The summed E-state index contributed by atoms with van der Waals surface area (Å²) in [5, 5.41) is 3.14. The van der Waals surface area contributed by atoms with E-state index in [0.717, 1.165) is 52.4 Å². The van der Waals surface area contributed by atoms with E-state index in [-0.39, 0.29) is 23.4 Å². The van der Waals surface area contributed by atoms with Crippen LogP contribution >= 0.6 is 15.9 Å². The standard InChI is InChI=1S/C33H40BrN3O4S/c1-23-13-16-30(17-14-23)42(40,41)37(31-18-15-24(2)19-25(31)3)22-32(38)36(21-27-9-8-10-28(34)20-27)26(4)33(39)35-29-11-6-5-7-12-29/h8-10,13-20,26,29H,5-7,11-12,21-22H2,1-4H3,(H,35,39). The van der Waals surface area contributed by atoms with E-state index in [1.54, 1.807) is 37.3 Å². The van der Waals surface area contributed by atoms with Gasteiger partial charge in [0, 0.05) is 17.1 Å². The summed E-state index contributed by atoms with van der Waals surface area (Å²) >= 11 is 3.49. The molecule has 0 bridgehead atoms. The topological polar surface area (TPSA) is 86.8 Å². The number of hydrogen-bond acceptors (Lipinski definition) is 4. The second-order valence-electron chi connectivity index (χ2n) is 11.3. The average molecular weight is 655 g/mol. The van der Waals surface area contributed by atoms with Crippen molar-refractivity contribution in [3.63, 3.8) is 0 Å². The molecule has 1 fully saturated rings. The summed E-state index contributed by atoms with van der Waals surface area (Å²) in [5.74, 6) is -0.693. The maximum Gasteiger partial charge on any atom is 0.264 e. The fourth-order valence-corrected chi connectivity index (χ4v) is 7.34. The van der Waals surface area contributed by atoms with Crippen LogP contribution < -0.4 is 9.62 Å². The Hall–Kier alpha value is -3.17. The number of anilines is 1. The Labute approximate surface area is 258 Å². The Kier molecular flexibility index (Phi) is 10.5. The first-order valence-electron chi connectivity index (χ1n) is 14.5. The maximum absolute atomic E-state index is 14.2. The quantitative estimate of drug-likeness (QED) is 0.273. The number of nitrogens with zero attached hydrogens (tertiary/aromatic N) is 2. The number of hydrogen-bond donors (Lipinski definition) is 1. The molecule has 2 amide bonds. The normalized spacial score (nSPS) is 14.7. The second-order valence-corrected chi connectivity index (χ2v) is 14.1. The fraction of sp³-hybridized carbons (Fsp3) is 0.394. The van der Waals surface area contributed by atoms with Gasteiger partial charge in [-0.25, -0.2) is 8.42 Å². The molecule has 3 aromatic rings. The zero-order valence-electron chi connectivity index (χ0n) is 24.8. The molecule has 1 aliphatic carbocycles. The minimum absolute atomic E-state index is 0.0881. The predicted molar refractivity (Wildman–Crippen MR) is 171 cm³/mol. The van der Waals surface area contributed by atoms with Gasteiger partial charge in [-0.05, 0) is 82.0 Å². The summed E-state index contributed by atoms with van der Waals surface area (Å²) in [6.45, 7) is 7.08. The highest BCUT2D eigenvalue weighted by atomic mass is 79.9. The number of benzene rings is 3. The summed E-state index contributed by atoms with van der Waals surface area (Å²) in [5.41, 5.74) is 3.91. The molecule has 1 saturated carbocycles. The third kappa shape index (κ3) is 7.81. The van der Waals surface area contributed by atoms with Gasteiger partial charge in [-0.2, -0.15) is 0 Å². The molecule has 0 aliphatic heterocycles. The largest absolute Gasteiger partial charge is 0.352 e. The number of amides is 2. The van der Waals surface area contributed by atoms with Crippen LogP contribution in [0.15, 0.2) is 76.1 Å². The highest BCUT2D eigenvalue weighted by Gasteiger charge is 2.33. The summed E-state index contributed by atoms with van der Waals surface area (Å²) in [7, 11) is -4.11. The lowest BCUT2D eigenvalue weighted by Gasteiger charge is -2.33. The van der Waals surface area contributed by atoms with Crippen molar-refractivity contribution < 1.29 is 18.0 Å². The molecule has 9 heteroatoms. The van der Waals surface area contributed by atoms with E-state index >= 15 is 0 Å². The number of aryl methyl sites for hydroxylation is 3. The first-order valence-corrected chi connectivity index (χ1v) is 16.7. The molecular weight excluding hydrogens is 614 g/mol. The van der Waals surface area contributed by atoms with Crippen LogP contribution in [-0.4, -0.2) is 43.8 Å². The zero-order chi connectivity index (χ0) is 30.4. The third-order valence-electron chi connectivity index (χ3n) is 7.87. The van der Waals surface area contributed by atoms with Crippen molar-refractivity contribution in [2.24, 2.45) is 0 Å². The molecule has 1 N–H and O–H groups in total. The molecule has 1 atom stereocenters. The molecule has 0 aromatic heterocycles. The number of rotatable bonds is 10. The van der Waals surface area contributed by atoms with Gasteiger partial charge in [-0.1, -0.05) is 82.7 Å². The number of sulfonamides is 1. The molecule has 42 heavy (non-hydrogen) atoms. The van der Waals surface area contributed by atoms with E-state index in [1.807, 2.05) is 57.2 Å². The van der Waals surface area contributed by atoms with E-state index in [0.29, 0.717) is 5.69 Å². The number of carbonyl (C=O) groups excluding carboxylic acids is 2. The van der Waals surface area contributed by atoms with Crippen LogP contribution in [0.5, 0.6) is 0 Å². The predicted octanol–water partition coefficient (Wildman–Crippen LogP) is 6.44. The van der Waals surface area contributed by atoms with Gasteiger partial charge < -0.3 is 10.2 Å². The highest BCUT2D eigenvalue weighted by Crippen LogP contribution is 2.29. The molecule has 0 spiro atoms. The summed E-state index contributed by atoms with van der Waals surface area (Å²) < 4.78 is 30.2. The molecule has 1 aliphatic rings. The maximum atomic E-state index is 14.2. The lowest BCUT2D eigenvalue weighted by atomic mass is 9.95. The van der Waals surface area contributed by atoms with Crippen molar-refractivity contribution in [3.05, 3.63) is 93.5 Å². The Morgan fingerprint density at radius 1 is 0.929 bits per heavy atom. The van der Waals surface area contributed by atoms with Gasteiger partial charge in [0.2, 0.25) is 11.8 Å². The number of halogens is 1. The SMILES string of the molecule is Cc1ccc(S(=O)(=O)N(CC(=O)N(Cc2cccc(Br)c2)C(C)C(=O)NC2CCCCC2)c2ccc(C)cc2C)cc1. The first-order chi connectivity index (χ1) is 20.0. The highest BCUT2D eigenvalue weighted by molar-refractivity contribution is 9.10. The Morgan fingerprint density at radius 2 is 1.60 bits per heavy atom. The van der Waals surface area contributed by atoms with Crippen molar-refractivity contribution >= 4 is 43.5 Å². The van der Waals surface area contributed by atoms with Crippen molar-refractivity contribution in [1.82, 2.24) is 10.2 Å². The van der Waals surface area contributed by atoms with Gasteiger partial charge in [0.15, 0.2) is 0 Å².